The van der Waals surface area contributed by atoms with Gasteiger partial charge in [-0.25, -0.2) is 8.42 Å². The van der Waals surface area contributed by atoms with Crippen molar-refractivity contribution in [2.75, 3.05) is 19.7 Å². The Balaban J connectivity index is 1.76. The van der Waals surface area contributed by atoms with Gasteiger partial charge in [0.25, 0.3) is 0 Å². The fourth-order valence-corrected chi connectivity index (χ4v) is 5.96. The number of rotatable bonds is 2. The standard InChI is InChI=1S/C15H16F3N3O4S/c16-15(17,18)13-10(3-1-5-19-13)26(23,24)21-7-4-14-11(21)9-12(22)20(14)6-2-8-25-14/h1,3,5,11H,2,4,6-9H2/t11-,14+/m1/s1. The molecule has 3 aliphatic rings. The molecule has 0 unspecified atom stereocenters. The van der Waals surface area contributed by atoms with E-state index >= 15 is 0 Å². The molecule has 3 fully saturated rings. The zero-order valence-electron chi connectivity index (χ0n) is 13.6. The number of hydrogen-bond donors (Lipinski definition) is 0. The molecule has 0 aliphatic carbocycles. The normalized spacial score (nSPS) is 29.7. The van der Waals surface area contributed by atoms with Crippen LogP contribution in [0, 0.1) is 0 Å². The van der Waals surface area contributed by atoms with Crippen molar-refractivity contribution in [1.29, 1.82) is 0 Å². The van der Waals surface area contributed by atoms with Gasteiger partial charge in [0.2, 0.25) is 15.9 Å². The molecule has 0 aromatic carbocycles. The van der Waals surface area contributed by atoms with E-state index in [9.17, 15) is 26.4 Å². The van der Waals surface area contributed by atoms with E-state index in [0.29, 0.717) is 19.6 Å². The predicted molar refractivity (Wildman–Crippen MR) is 81.2 cm³/mol. The Bertz CT molecular complexity index is 860. The van der Waals surface area contributed by atoms with Crippen molar-refractivity contribution in [3.63, 3.8) is 0 Å². The number of sulfonamides is 1. The molecule has 7 nitrogen and oxygen atoms in total. The van der Waals surface area contributed by atoms with Crippen LogP contribution in [0.3, 0.4) is 0 Å². The summed E-state index contributed by atoms with van der Waals surface area (Å²) in [6.45, 7) is 0.835. The van der Waals surface area contributed by atoms with Crippen molar-refractivity contribution < 1.29 is 31.1 Å². The molecule has 142 valence electrons. The third-order valence-electron chi connectivity index (χ3n) is 5.19. The van der Waals surface area contributed by atoms with Crippen LogP contribution < -0.4 is 0 Å². The number of ether oxygens (including phenoxy) is 1. The summed E-state index contributed by atoms with van der Waals surface area (Å²) in [5.41, 5.74) is -2.52. The molecular weight excluding hydrogens is 375 g/mol. The van der Waals surface area contributed by atoms with Crippen LogP contribution in [0.25, 0.3) is 0 Å². The smallest absolute Gasteiger partial charge is 0.354 e. The van der Waals surface area contributed by atoms with Crippen molar-refractivity contribution >= 4 is 15.9 Å². The third-order valence-corrected chi connectivity index (χ3v) is 7.13. The van der Waals surface area contributed by atoms with Crippen molar-refractivity contribution in [1.82, 2.24) is 14.2 Å². The number of carbonyl (C=O) groups excluding carboxylic acids is 1. The van der Waals surface area contributed by atoms with Crippen molar-refractivity contribution in [2.45, 2.75) is 42.1 Å². The number of halogens is 3. The molecule has 4 rings (SSSR count). The quantitative estimate of drug-likeness (QED) is 0.757. The summed E-state index contributed by atoms with van der Waals surface area (Å²) in [5.74, 6) is -0.239. The molecule has 1 aromatic rings. The number of amides is 1. The van der Waals surface area contributed by atoms with Crippen LogP contribution in [0.1, 0.15) is 25.0 Å². The van der Waals surface area contributed by atoms with Gasteiger partial charge < -0.3 is 9.64 Å². The summed E-state index contributed by atoms with van der Waals surface area (Å²) in [5, 5.41) is 0. The van der Waals surface area contributed by atoms with E-state index in [4.69, 9.17) is 4.74 Å². The van der Waals surface area contributed by atoms with E-state index in [1.165, 1.54) is 4.90 Å². The maximum Gasteiger partial charge on any atom is 0.434 e. The Hall–Kier alpha value is -1.72. The molecular formula is C15H16F3N3O4S. The lowest BCUT2D eigenvalue weighted by Crippen LogP contribution is -2.56. The Morgan fingerprint density at radius 3 is 2.81 bits per heavy atom. The first-order chi connectivity index (χ1) is 12.2. The lowest BCUT2D eigenvalue weighted by atomic mass is 10.0. The maximum atomic E-state index is 13.2. The number of pyridine rings is 1. The second kappa shape index (κ2) is 5.64. The minimum atomic E-state index is -4.90. The number of nitrogens with zero attached hydrogens (tertiary/aromatic N) is 3. The van der Waals surface area contributed by atoms with E-state index in [-0.39, 0.29) is 25.3 Å². The van der Waals surface area contributed by atoms with Gasteiger partial charge in [-0.15, -0.1) is 0 Å². The first kappa shape index (κ1) is 17.7. The Kier molecular flexibility index (Phi) is 3.83. The lowest BCUT2D eigenvalue weighted by Gasteiger charge is -2.42. The van der Waals surface area contributed by atoms with E-state index in [1.807, 2.05) is 0 Å². The fraction of sp³-hybridized carbons (Fsp3) is 0.600. The molecule has 3 aliphatic heterocycles. The highest BCUT2D eigenvalue weighted by molar-refractivity contribution is 7.89. The summed E-state index contributed by atoms with van der Waals surface area (Å²) in [6, 6.07) is 1.21. The first-order valence-corrected chi connectivity index (χ1v) is 9.60. The molecule has 0 bridgehead atoms. The van der Waals surface area contributed by atoms with Gasteiger partial charge in [-0.2, -0.15) is 17.5 Å². The number of carbonyl (C=O) groups is 1. The highest BCUT2D eigenvalue weighted by Crippen LogP contribution is 2.47. The molecule has 1 amide bonds. The van der Waals surface area contributed by atoms with Crippen molar-refractivity contribution in [2.24, 2.45) is 0 Å². The van der Waals surface area contributed by atoms with E-state index in [0.717, 1.165) is 22.6 Å². The maximum absolute atomic E-state index is 13.2. The molecule has 0 saturated carbocycles. The van der Waals surface area contributed by atoms with Crippen LogP contribution in [0.5, 0.6) is 0 Å². The number of hydrogen-bond acceptors (Lipinski definition) is 5. The Morgan fingerprint density at radius 1 is 1.31 bits per heavy atom. The third kappa shape index (κ3) is 2.37. The Morgan fingerprint density at radius 2 is 2.08 bits per heavy atom. The summed E-state index contributed by atoms with van der Waals surface area (Å²) >= 11 is 0. The first-order valence-electron chi connectivity index (χ1n) is 8.16. The molecule has 2 atom stereocenters. The van der Waals surface area contributed by atoms with Crippen LogP contribution in [0.4, 0.5) is 13.2 Å². The van der Waals surface area contributed by atoms with Gasteiger partial charge in [-0.1, -0.05) is 0 Å². The molecule has 26 heavy (non-hydrogen) atoms. The minimum absolute atomic E-state index is 0.0109. The second-order valence-corrected chi connectivity index (χ2v) is 8.38. The summed E-state index contributed by atoms with van der Waals surface area (Å²) in [7, 11) is -4.49. The SMILES string of the molecule is O=C1C[C@H]2N(S(=O)(=O)c3cccnc3C(F)(F)F)CC[C@]23OCCCN13. The van der Waals surface area contributed by atoms with Gasteiger partial charge in [0.1, 0.15) is 4.90 Å². The average molecular weight is 391 g/mol. The van der Waals surface area contributed by atoms with E-state index < -0.39 is 38.6 Å². The van der Waals surface area contributed by atoms with Crippen LogP contribution in [0.15, 0.2) is 23.2 Å². The average Bonchev–Trinajstić information content (AvgIpc) is 3.06. The van der Waals surface area contributed by atoms with Crippen molar-refractivity contribution in [3.8, 4) is 0 Å². The van der Waals surface area contributed by atoms with Crippen LogP contribution >= 0.6 is 0 Å². The summed E-state index contributed by atoms with van der Waals surface area (Å²) in [4.78, 5) is 16.1. The lowest BCUT2D eigenvalue weighted by molar-refractivity contribution is -0.178. The molecule has 11 heteroatoms. The van der Waals surface area contributed by atoms with E-state index in [1.54, 1.807) is 0 Å². The van der Waals surface area contributed by atoms with E-state index in [2.05, 4.69) is 4.98 Å². The molecule has 0 radical (unpaired) electrons. The monoisotopic (exact) mass is 391 g/mol. The summed E-state index contributed by atoms with van der Waals surface area (Å²) < 4.78 is 72.5. The van der Waals surface area contributed by atoms with Gasteiger partial charge in [0.15, 0.2) is 11.4 Å². The van der Waals surface area contributed by atoms with Crippen LogP contribution in [-0.4, -0.2) is 60.0 Å². The second-order valence-electron chi connectivity index (χ2n) is 6.53. The number of alkyl halides is 3. The zero-order valence-corrected chi connectivity index (χ0v) is 14.4. The zero-order chi connectivity index (χ0) is 18.7. The van der Waals surface area contributed by atoms with Gasteiger partial charge in [-0.05, 0) is 18.6 Å². The highest BCUT2D eigenvalue weighted by atomic mass is 32.2. The topological polar surface area (TPSA) is 79.8 Å². The van der Waals surface area contributed by atoms with Gasteiger partial charge in [-0.3, -0.25) is 9.78 Å². The molecule has 3 saturated heterocycles. The predicted octanol–water partition coefficient (Wildman–Crippen LogP) is 1.21. The molecule has 4 heterocycles. The van der Waals surface area contributed by atoms with Crippen LogP contribution in [0.2, 0.25) is 0 Å². The Labute approximate surface area is 147 Å². The van der Waals surface area contributed by atoms with Gasteiger partial charge in [0, 0.05) is 32.1 Å². The molecule has 1 spiro atoms. The summed E-state index contributed by atoms with van der Waals surface area (Å²) in [6.07, 6.45) is -3.21. The fourth-order valence-electron chi connectivity index (χ4n) is 4.14. The van der Waals surface area contributed by atoms with Gasteiger partial charge >= 0.3 is 6.18 Å². The van der Waals surface area contributed by atoms with Crippen LogP contribution in [-0.2, 0) is 25.7 Å². The molecule has 1 aromatic heterocycles. The van der Waals surface area contributed by atoms with Gasteiger partial charge in [0.05, 0.1) is 12.6 Å². The largest absolute Gasteiger partial charge is 0.434 e. The molecule has 0 N–H and O–H groups in total. The minimum Gasteiger partial charge on any atom is -0.354 e. The number of aromatic nitrogens is 1. The van der Waals surface area contributed by atoms with Crippen molar-refractivity contribution in [3.05, 3.63) is 24.0 Å². The highest BCUT2D eigenvalue weighted by Gasteiger charge is 2.63.